The number of carbonyl (C=O) groups is 2. The number of rotatable bonds is 8. The first-order valence-electron chi connectivity index (χ1n) is 11.8. The Hall–Kier alpha value is -3.33. The Labute approximate surface area is 235 Å². The highest BCUT2D eigenvalue weighted by Gasteiger charge is 2.35. The molecule has 3 aromatic carbocycles. The van der Waals surface area contributed by atoms with E-state index in [-0.39, 0.29) is 29.7 Å². The van der Waals surface area contributed by atoms with E-state index < -0.39 is 11.1 Å². The van der Waals surface area contributed by atoms with Crippen LogP contribution in [0.1, 0.15) is 36.5 Å². The number of hydrogen-bond donors (Lipinski definition) is 1. The van der Waals surface area contributed by atoms with Crippen LogP contribution in [0.2, 0.25) is 10.0 Å². The van der Waals surface area contributed by atoms with Gasteiger partial charge in [0.1, 0.15) is 23.8 Å². The number of nitrogens with zero attached hydrogens (tertiary/aromatic N) is 3. The second-order valence-electron chi connectivity index (χ2n) is 8.92. The third-order valence-electron chi connectivity index (χ3n) is 5.72. The zero-order valence-electron chi connectivity index (χ0n) is 20.9. The van der Waals surface area contributed by atoms with Crippen molar-refractivity contribution in [2.75, 3.05) is 13.2 Å². The number of benzene rings is 3. The van der Waals surface area contributed by atoms with Crippen LogP contribution >= 0.6 is 35.0 Å². The van der Waals surface area contributed by atoms with E-state index in [9.17, 15) is 14.7 Å². The number of thioether (sulfide) groups is 1. The number of phenols is 1. The fraction of sp³-hybridized carbons (Fsp3) is 0.214. The zero-order chi connectivity index (χ0) is 27.4. The Bertz CT molecular complexity index is 1460. The van der Waals surface area contributed by atoms with Crippen LogP contribution in [-0.4, -0.2) is 34.3 Å². The maximum Gasteiger partial charge on any atom is 0.293 e. The molecule has 0 aromatic heterocycles. The van der Waals surface area contributed by atoms with Crippen molar-refractivity contribution in [2.45, 2.75) is 26.7 Å². The van der Waals surface area contributed by atoms with Crippen LogP contribution in [-0.2, 0) is 4.79 Å². The normalized spacial score (nSPS) is 14.9. The summed E-state index contributed by atoms with van der Waals surface area (Å²) >= 11 is 12.9. The minimum absolute atomic E-state index is 0.0655. The van der Waals surface area contributed by atoms with Crippen molar-refractivity contribution in [2.24, 2.45) is 10.2 Å². The van der Waals surface area contributed by atoms with Gasteiger partial charge in [-0.05, 0) is 84.3 Å². The number of carbonyl (C=O) groups excluding carboxylic acids is 2. The molecule has 4 rings (SSSR count). The first-order chi connectivity index (χ1) is 18.1. The van der Waals surface area contributed by atoms with E-state index in [1.807, 2.05) is 25.1 Å². The molecule has 38 heavy (non-hydrogen) atoms. The van der Waals surface area contributed by atoms with Crippen molar-refractivity contribution in [3.8, 4) is 11.5 Å². The molecule has 0 atom stereocenters. The minimum Gasteiger partial charge on any atom is -0.507 e. The Balaban J connectivity index is 1.46. The lowest BCUT2D eigenvalue weighted by atomic mass is 10.0. The van der Waals surface area contributed by atoms with Gasteiger partial charge in [0.2, 0.25) is 0 Å². The lowest BCUT2D eigenvalue weighted by molar-refractivity contribution is -0.123. The number of aryl methyl sites for hydroxylation is 1. The first kappa shape index (κ1) is 27.7. The van der Waals surface area contributed by atoms with Crippen LogP contribution in [0.25, 0.3) is 6.08 Å². The van der Waals surface area contributed by atoms with Crippen LogP contribution in [0.5, 0.6) is 11.5 Å². The largest absolute Gasteiger partial charge is 0.507 e. The second kappa shape index (κ2) is 12.0. The fourth-order valence-electron chi connectivity index (χ4n) is 3.72. The number of aromatic hydroxyl groups is 1. The van der Waals surface area contributed by atoms with Crippen LogP contribution in [0, 0.1) is 6.92 Å². The number of hydrogen-bond acceptors (Lipinski definition) is 7. The van der Waals surface area contributed by atoms with Gasteiger partial charge >= 0.3 is 0 Å². The molecule has 10 heteroatoms. The topological polar surface area (TPSA) is 91.6 Å². The lowest BCUT2D eigenvalue weighted by Crippen LogP contribution is -2.32. The smallest absolute Gasteiger partial charge is 0.293 e. The fourth-order valence-corrected chi connectivity index (χ4v) is 5.02. The van der Waals surface area contributed by atoms with Gasteiger partial charge in [-0.3, -0.25) is 14.5 Å². The van der Waals surface area contributed by atoms with Gasteiger partial charge in [-0.15, -0.1) is 5.11 Å². The first-order valence-corrected chi connectivity index (χ1v) is 13.4. The van der Waals surface area contributed by atoms with E-state index in [1.165, 1.54) is 12.1 Å². The molecule has 7 nitrogen and oxygen atoms in total. The average molecular weight is 570 g/mol. The number of halogens is 2. The quantitative estimate of drug-likeness (QED) is 0.216. The van der Waals surface area contributed by atoms with Gasteiger partial charge in [0, 0.05) is 10.6 Å². The van der Waals surface area contributed by atoms with Gasteiger partial charge in [-0.2, -0.15) is 5.11 Å². The number of ether oxygens (including phenoxy) is 1. The van der Waals surface area contributed by atoms with E-state index in [0.29, 0.717) is 27.0 Å². The zero-order valence-corrected chi connectivity index (χ0v) is 23.3. The maximum atomic E-state index is 13.0. The number of azo groups is 1. The Morgan fingerprint density at radius 2 is 1.84 bits per heavy atom. The summed E-state index contributed by atoms with van der Waals surface area (Å²) in [5.41, 5.74) is 3.31. The molecule has 0 bridgehead atoms. The Morgan fingerprint density at radius 1 is 1.05 bits per heavy atom. The summed E-state index contributed by atoms with van der Waals surface area (Å²) in [6, 6.07) is 15.4. The van der Waals surface area contributed by atoms with Crippen LogP contribution in [0.3, 0.4) is 0 Å². The summed E-state index contributed by atoms with van der Waals surface area (Å²) in [6.45, 7) is 6.42. The summed E-state index contributed by atoms with van der Waals surface area (Å²) in [5.74, 6) is 0.510. The van der Waals surface area contributed by atoms with Crippen molar-refractivity contribution in [1.29, 1.82) is 0 Å². The number of imide groups is 1. The van der Waals surface area contributed by atoms with Crippen LogP contribution in [0.4, 0.5) is 16.2 Å². The molecular weight excluding hydrogens is 545 g/mol. The van der Waals surface area contributed by atoms with Crippen molar-refractivity contribution in [3.05, 3.63) is 86.2 Å². The van der Waals surface area contributed by atoms with E-state index in [4.69, 9.17) is 27.9 Å². The molecule has 1 heterocycles. The van der Waals surface area contributed by atoms with E-state index in [0.717, 1.165) is 33.5 Å². The molecule has 1 N–H and O–H groups in total. The molecule has 0 radical (unpaired) electrons. The molecule has 196 valence electrons. The molecule has 0 spiro atoms. The third kappa shape index (κ3) is 6.56. The van der Waals surface area contributed by atoms with Crippen LogP contribution in [0.15, 0.2) is 69.7 Å². The summed E-state index contributed by atoms with van der Waals surface area (Å²) in [4.78, 5) is 26.9. The molecule has 0 unspecified atom stereocenters. The molecule has 1 saturated heterocycles. The SMILES string of the molecule is Cc1ccc(C(C)C)c(OCCN2C(=O)S/C(=C\c3cc(N=Nc4ccc(Cl)cc4Cl)ccc3O)C2=O)c1. The third-order valence-corrected chi connectivity index (χ3v) is 7.16. The van der Waals surface area contributed by atoms with Gasteiger partial charge in [-0.25, -0.2) is 0 Å². The van der Waals surface area contributed by atoms with Gasteiger partial charge in [0.05, 0.1) is 22.2 Å². The predicted molar refractivity (Wildman–Crippen MR) is 152 cm³/mol. The summed E-state index contributed by atoms with van der Waals surface area (Å²) in [5, 5.41) is 19.1. The predicted octanol–water partition coefficient (Wildman–Crippen LogP) is 8.66. The number of phenolic OH excluding ortho intramolecular Hbond substituents is 1. The molecule has 1 aliphatic rings. The van der Waals surface area contributed by atoms with Gasteiger partial charge < -0.3 is 9.84 Å². The lowest BCUT2D eigenvalue weighted by Gasteiger charge is -2.17. The summed E-state index contributed by atoms with van der Waals surface area (Å²) in [7, 11) is 0. The molecule has 0 aliphatic carbocycles. The van der Waals surface area contributed by atoms with Crippen LogP contribution < -0.4 is 4.74 Å². The highest BCUT2D eigenvalue weighted by Crippen LogP contribution is 2.36. The van der Waals surface area contributed by atoms with Crippen molar-refractivity contribution in [1.82, 2.24) is 4.90 Å². The molecule has 1 aliphatic heterocycles. The van der Waals surface area contributed by atoms with Crippen molar-refractivity contribution < 1.29 is 19.4 Å². The van der Waals surface area contributed by atoms with Gasteiger partial charge in [0.25, 0.3) is 11.1 Å². The van der Waals surface area contributed by atoms with E-state index >= 15 is 0 Å². The van der Waals surface area contributed by atoms with Crippen molar-refractivity contribution >= 4 is 63.6 Å². The summed E-state index contributed by atoms with van der Waals surface area (Å²) < 4.78 is 5.95. The molecule has 2 amide bonds. The molecular formula is C28H25Cl2N3O4S. The maximum absolute atomic E-state index is 13.0. The van der Waals surface area contributed by atoms with Gasteiger partial charge in [-0.1, -0.05) is 49.2 Å². The Kier molecular flexibility index (Phi) is 8.76. The summed E-state index contributed by atoms with van der Waals surface area (Å²) in [6.07, 6.45) is 1.47. The Morgan fingerprint density at radius 3 is 2.58 bits per heavy atom. The molecule has 1 fully saturated rings. The minimum atomic E-state index is -0.448. The molecule has 3 aromatic rings. The average Bonchev–Trinajstić information content (AvgIpc) is 3.12. The molecule has 0 saturated carbocycles. The van der Waals surface area contributed by atoms with Gasteiger partial charge in [0.15, 0.2) is 0 Å². The number of amides is 2. The highest BCUT2D eigenvalue weighted by molar-refractivity contribution is 8.18. The van der Waals surface area contributed by atoms with E-state index in [2.05, 4.69) is 24.1 Å². The van der Waals surface area contributed by atoms with Crippen molar-refractivity contribution in [3.63, 3.8) is 0 Å². The monoisotopic (exact) mass is 569 g/mol. The second-order valence-corrected chi connectivity index (χ2v) is 10.8. The van der Waals surface area contributed by atoms with E-state index in [1.54, 1.807) is 30.3 Å². The standard InChI is InChI=1S/C28H25Cl2N3O4S/c1-16(2)21-7-4-17(3)12-25(21)37-11-10-33-27(35)26(38-28(33)36)14-18-13-20(6-9-24(18)34)31-32-23-8-5-19(29)15-22(23)30/h4-9,12-16,34H,10-11H2,1-3H3/b26-14-,32-31?. The highest BCUT2D eigenvalue weighted by atomic mass is 35.5.